The zero-order valence-corrected chi connectivity index (χ0v) is 14.2. The Balaban J connectivity index is 1.46. The molecule has 1 saturated heterocycles. The molecule has 4 rings (SSSR count). The number of carbonyl (C=O) groups excluding carboxylic acids is 1. The Bertz CT molecular complexity index is 737. The molecule has 2 aromatic rings. The van der Waals surface area contributed by atoms with Crippen LogP contribution < -0.4 is 0 Å². The van der Waals surface area contributed by atoms with E-state index in [9.17, 15) is 4.79 Å². The summed E-state index contributed by atoms with van der Waals surface area (Å²) in [6.45, 7) is 1.69. The van der Waals surface area contributed by atoms with Gasteiger partial charge < -0.3 is 4.90 Å². The number of hydrogen-bond donors (Lipinski definition) is 0. The van der Waals surface area contributed by atoms with Gasteiger partial charge in [-0.3, -0.25) is 14.5 Å². The highest BCUT2D eigenvalue weighted by molar-refractivity contribution is 5.94. The first-order chi connectivity index (χ1) is 11.7. The van der Waals surface area contributed by atoms with Crippen molar-refractivity contribution in [1.82, 2.24) is 19.7 Å². The van der Waals surface area contributed by atoms with Crippen molar-refractivity contribution in [1.29, 1.82) is 0 Å². The minimum atomic E-state index is 0.131. The lowest BCUT2D eigenvalue weighted by molar-refractivity contribution is 0.0779. The molecule has 0 N–H and O–H groups in total. The molecule has 5 heteroatoms. The summed E-state index contributed by atoms with van der Waals surface area (Å²) in [6.07, 6.45) is 10.2. The number of pyridine rings is 1. The molecule has 1 aliphatic carbocycles. The minimum Gasteiger partial charge on any atom is -0.337 e. The van der Waals surface area contributed by atoms with Crippen LogP contribution in [0.5, 0.6) is 0 Å². The van der Waals surface area contributed by atoms with Crippen molar-refractivity contribution in [2.75, 3.05) is 13.1 Å². The summed E-state index contributed by atoms with van der Waals surface area (Å²) in [7, 11) is 1.97. The number of nitrogens with zero attached hydrogens (tertiary/aromatic N) is 4. The Labute approximate surface area is 142 Å². The minimum absolute atomic E-state index is 0.131. The van der Waals surface area contributed by atoms with Gasteiger partial charge in [-0.25, -0.2) is 0 Å². The third-order valence-electron chi connectivity index (χ3n) is 5.41. The van der Waals surface area contributed by atoms with Crippen molar-refractivity contribution >= 4 is 5.91 Å². The first kappa shape index (κ1) is 15.4. The number of likely N-dealkylation sites (tertiary alicyclic amines) is 1. The van der Waals surface area contributed by atoms with E-state index in [1.807, 2.05) is 29.0 Å². The number of amides is 1. The predicted molar refractivity (Wildman–Crippen MR) is 91.8 cm³/mol. The average molecular weight is 324 g/mol. The molecule has 24 heavy (non-hydrogen) atoms. The van der Waals surface area contributed by atoms with E-state index in [1.54, 1.807) is 0 Å². The van der Waals surface area contributed by atoms with Crippen LogP contribution in [0.3, 0.4) is 0 Å². The monoisotopic (exact) mass is 324 g/mol. The van der Waals surface area contributed by atoms with Gasteiger partial charge in [0.25, 0.3) is 5.91 Å². The first-order valence-electron chi connectivity index (χ1n) is 8.95. The predicted octanol–water partition coefficient (Wildman–Crippen LogP) is 2.40. The van der Waals surface area contributed by atoms with Gasteiger partial charge in [0, 0.05) is 43.8 Å². The van der Waals surface area contributed by atoms with E-state index in [2.05, 4.69) is 22.2 Å². The normalized spacial score (nSPS) is 20.2. The first-order valence-corrected chi connectivity index (χ1v) is 8.95. The fourth-order valence-electron chi connectivity index (χ4n) is 4.13. The number of aromatic nitrogens is 3. The van der Waals surface area contributed by atoms with Crippen LogP contribution in [0.4, 0.5) is 0 Å². The van der Waals surface area contributed by atoms with Gasteiger partial charge in [-0.15, -0.1) is 0 Å². The third kappa shape index (κ3) is 2.83. The molecule has 1 atom stereocenters. The molecule has 0 bridgehead atoms. The molecule has 5 nitrogen and oxygen atoms in total. The summed E-state index contributed by atoms with van der Waals surface area (Å²) in [4.78, 5) is 19.0. The van der Waals surface area contributed by atoms with Gasteiger partial charge in [-0.2, -0.15) is 5.10 Å². The summed E-state index contributed by atoms with van der Waals surface area (Å²) in [5.41, 5.74) is 4.47. The van der Waals surface area contributed by atoms with E-state index in [0.717, 1.165) is 38.8 Å². The molecular formula is C19H24N4O. The van der Waals surface area contributed by atoms with Gasteiger partial charge in [0.2, 0.25) is 0 Å². The van der Waals surface area contributed by atoms with Crippen LogP contribution in [0, 0.1) is 5.92 Å². The Morgan fingerprint density at radius 2 is 2.04 bits per heavy atom. The molecule has 0 aromatic carbocycles. The van der Waals surface area contributed by atoms with Gasteiger partial charge >= 0.3 is 0 Å². The van der Waals surface area contributed by atoms with Crippen LogP contribution in [-0.4, -0.2) is 38.7 Å². The molecule has 3 heterocycles. The maximum absolute atomic E-state index is 13.0. The number of carbonyl (C=O) groups is 1. The standard InChI is InChI=1S/C19H24N4O/c1-22-17-5-3-2-4-16(17)18(21-22)19(24)23-11-8-15(13-23)12-14-6-9-20-10-7-14/h6-7,9-10,15H,2-5,8,11-13H2,1H3. The molecule has 1 fully saturated rings. The summed E-state index contributed by atoms with van der Waals surface area (Å²) in [6, 6.07) is 4.14. The second-order valence-electron chi connectivity index (χ2n) is 7.07. The molecule has 0 radical (unpaired) electrons. The van der Waals surface area contributed by atoms with Crippen molar-refractivity contribution in [3.8, 4) is 0 Å². The fourth-order valence-corrected chi connectivity index (χ4v) is 4.13. The van der Waals surface area contributed by atoms with Crippen molar-refractivity contribution in [2.45, 2.75) is 38.5 Å². The summed E-state index contributed by atoms with van der Waals surface area (Å²) in [5, 5.41) is 4.56. The lowest BCUT2D eigenvalue weighted by atomic mass is 9.95. The second kappa shape index (κ2) is 6.38. The van der Waals surface area contributed by atoms with Crippen LogP contribution in [0.2, 0.25) is 0 Å². The van der Waals surface area contributed by atoms with Crippen LogP contribution in [0.1, 0.15) is 46.6 Å². The highest BCUT2D eigenvalue weighted by Gasteiger charge is 2.31. The second-order valence-corrected chi connectivity index (χ2v) is 7.07. The molecule has 0 saturated carbocycles. The third-order valence-corrected chi connectivity index (χ3v) is 5.41. The lowest BCUT2D eigenvalue weighted by Crippen LogP contribution is -2.30. The Morgan fingerprint density at radius 3 is 2.88 bits per heavy atom. The SMILES string of the molecule is Cn1nc(C(=O)N2CCC(Cc3ccncc3)C2)c2c1CCCC2. The molecule has 1 aliphatic heterocycles. The van der Waals surface area contributed by atoms with E-state index < -0.39 is 0 Å². The molecule has 0 spiro atoms. The highest BCUT2D eigenvalue weighted by atomic mass is 16.2. The van der Waals surface area contributed by atoms with E-state index in [1.165, 1.54) is 29.7 Å². The topological polar surface area (TPSA) is 51.0 Å². The summed E-state index contributed by atoms with van der Waals surface area (Å²) < 4.78 is 1.92. The van der Waals surface area contributed by atoms with Gasteiger partial charge in [0.1, 0.15) is 0 Å². The van der Waals surface area contributed by atoms with Crippen LogP contribution in [-0.2, 0) is 26.3 Å². The van der Waals surface area contributed by atoms with Crippen LogP contribution in [0.25, 0.3) is 0 Å². The van der Waals surface area contributed by atoms with E-state index in [-0.39, 0.29) is 5.91 Å². The highest BCUT2D eigenvalue weighted by Crippen LogP contribution is 2.27. The lowest BCUT2D eigenvalue weighted by Gasteiger charge is -2.17. The molecule has 1 amide bonds. The van der Waals surface area contributed by atoms with Gasteiger partial charge in [0.05, 0.1) is 0 Å². The summed E-state index contributed by atoms with van der Waals surface area (Å²) in [5.74, 6) is 0.668. The largest absolute Gasteiger partial charge is 0.337 e. The van der Waals surface area contributed by atoms with Gasteiger partial charge in [-0.1, -0.05) is 0 Å². The summed E-state index contributed by atoms with van der Waals surface area (Å²) >= 11 is 0. The average Bonchev–Trinajstić information content (AvgIpc) is 3.21. The quantitative estimate of drug-likeness (QED) is 0.871. The van der Waals surface area contributed by atoms with Crippen LogP contribution in [0.15, 0.2) is 24.5 Å². The fraction of sp³-hybridized carbons (Fsp3) is 0.526. The smallest absolute Gasteiger partial charge is 0.274 e. The number of fused-ring (bicyclic) bond motifs is 1. The number of aryl methyl sites for hydroxylation is 1. The number of hydrogen-bond acceptors (Lipinski definition) is 3. The zero-order valence-electron chi connectivity index (χ0n) is 14.2. The molecule has 1 unspecified atom stereocenters. The Kier molecular flexibility index (Phi) is 4.08. The van der Waals surface area contributed by atoms with E-state index in [4.69, 9.17) is 0 Å². The van der Waals surface area contributed by atoms with E-state index >= 15 is 0 Å². The molecule has 2 aliphatic rings. The number of rotatable bonds is 3. The van der Waals surface area contributed by atoms with Crippen molar-refractivity contribution < 1.29 is 4.79 Å². The van der Waals surface area contributed by atoms with Crippen molar-refractivity contribution in [3.05, 3.63) is 47.0 Å². The Hall–Kier alpha value is -2.17. The molecule has 126 valence electrons. The molecule has 2 aromatic heterocycles. The molecular weight excluding hydrogens is 300 g/mol. The zero-order chi connectivity index (χ0) is 16.5. The van der Waals surface area contributed by atoms with E-state index in [0.29, 0.717) is 11.6 Å². The van der Waals surface area contributed by atoms with Crippen LogP contribution >= 0.6 is 0 Å². The maximum atomic E-state index is 13.0. The van der Waals surface area contributed by atoms with Crippen molar-refractivity contribution in [3.63, 3.8) is 0 Å². The van der Waals surface area contributed by atoms with Crippen molar-refractivity contribution in [2.24, 2.45) is 13.0 Å². The van der Waals surface area contributed by atoms with Gasteiger partial charge in [-0.05, 0) is 62.1 Å². The Morgan fingerprint density at radius 1 is 1.25 bits per heavy atom. The maximum Gasteiger partial charge on any atom is 0.274 e. The van der Waals surface area contributed by atoms with Gasteiger partial charge in [0.15, 0.2) is 5.69 Å².